The molecule has 1 aliphatic rings. The third kappa shape index (κ3) is 3.01. The molecule has 4 rings (SSSR count). The Hall–Kier alpha value is -1.68. The minimum absolute atomic E-state index is 0.375. The van der Waals surface area contributed by atoms with E-state index in [9.17, 15) is 0 Å². The van der Waals surface area contributed by atoms with Crippen LogP contribution < -0.4 is 4.74 Å². The fraction of sp³-hybridized carbons (Fsp3) is 0.211. The van der Waals surface area contributed by atoms with E-state index in [1.165, 1.54) is 0 Å². The van der Waals surface area contributed by atoms with Gasteiger partial charge < -0.3 is 4.74 Å². The van der Waals surface area contributed by atoms with Crippen LogP contribution in [0.4, 0.5) is 0 Å². The molecule has 0 saturated heterocycles. The number of H-pyrrole nitrogens is 1. The molecular weight excluding hydrogens is 379 g/mol. The van der Waals surface area contributed by atoms with Gasteiger partial charge in [0.25, 0.3) is 0 Å². The first-order chi connectivity index (χ1) is 12.2. The normalized spacial score (nSPS) is 13.6. The molecule has 25 heavy (non-hydrogen) atoms. The quantitative estimate of drug-likeness (QED) is 0.563. The molecular formula is C19H15Cl3N2O. The minimum Gasteiger partial charge on any atom is -0.489 e. The van der Waals surface area contributed by atoms with Crippen LogP contribution in [0.15, 0.2) is 36.5 Å². The fourth-order valence-corrected chi connectivity index (χ4v) is 3.99. The van der Waals surface area contributed by atoms with Gasteiger partial charge in [-0.2, -0.15) is 5.10 Å². The number of nitrogens with one attached hydrogen (secondary N) is 1. The maximum atomic E-state index is 6.60. The number of rotatable bonds is 4. The Labute approximate surface area is 160 Å². The summed E-state index contributed by atoms with van der Waals surface area (Å²) in [5.74, 6) is 0.911. The molecule has 3 nitrogen and oxygen atoms in total. The van der Waals surface area contributed by atoms with Gasteiger partial charge in [-0.15, -0.1) is 11.6 Å². The van der Waals surface area contributed by atoms with Gasteiger partial charge >= 0.3 is 0 Å². The van der Waals surface area contributed by atoms with Crippen LogP contribution >= 0.6 is 34.8 Å². The summed E-state index contributed by atoms with van der Waals surface area (Å²) in [5, 5.41) is 9.23. The summed E-state index contributed by atoms with van der Waals surface area (Å²) < 4.78 is 5.64. The number of ether oxygens (including phenoxy) is 1. The largest absolute Gasteiger partial charge is 0.489 e. The van der Waals surface area contributed by atoms with E-state index in [0.29, 0.717) is 28.3 Å². The Morgan fingerprint density at radius 3 is 2.92 bits per heavy atom. The summed E-state index contributed by atoms with van der Waals surface area (Å²) in [6.45, 7) is 0.375. The first kappa shape index (κ1) is 16.8. The number of halogens is 3. The van der Waals surface area contributed by atoms with E-state index in [2.05, 4.69) is 28.4 Å². The number of aromatic nitrogens is 2. The average molecular weight is 394 g/mol. The summed E-state index contributed by atoms with van der Waals surface area (Å²) in [7, 11) is 0. The zero-order valence-corrected chi connectivity index (χ0v) is 15.5. The predicted octanol–water partition coefficient (Wildman–Crippen LogP) is 5.87. The van der Waals surface area contributed by atoms with Crippen molar-refractivity contribution in [2.75, 3.05) is 12.5 Å². The van der Waals surface area contributed by atoms with Gasteiger partial charge in [0.15, 0.2) is 5.75 Å². The van der Waals surface area contributed by atoms with E-state index >= 15 is 0 Å². The zero-order chi connectivity index (χ0) is 17.4. The molecule has 0 fully saturated rings. The second-order valence-electron chi connectivity index (χ2n) is 5.89. The maximum Gasteiger partial charge on any atom is 0.156 e. The molecule has 6 heteroatoms. The van der Waals surface area contributed by atoms with Crippen LogP contribution in [0.3, 0.4) is 0 Å². The van der Waals surface area contributed by atoms with Crippen molar-refractivity contribution in [1.82, 2.24) is 10.2 Å². The standard InChI is InChI=1S/C19H15Cl3N2O/c20-6-7-25-19-16(21)9-15-13(2-1-3-14(15)18(19)22)11-4-5-17-12(8-11)10-23-24-17/h2,4-5,8-10H,1,3,6-7H2,(H,23,24). The molecule has 1 aromatic heterocycles. The second-order valence-corrected chi connectivity index (χ2v) is 7.06. The lowest BCUT2D eigenvalue weighted by Gasteiger charge is -2.22. The highest BCUT2D eigenvalue weighted by molar-refractivity contribution is 6.38. The third-order valence-corrected chi connectivity index (χ3v) is 5.22. The Balaban J connectivity index is 1.82. The number of alkyl halides is 1. The lowest BCUT2D eigenvalue weighted by atomic mass is 9.86. The van der Waals surface area contributed by atoms with Crippen LogP contribution in [-0.4, -0.2) is 22.7 Å². The SMILES string of the molecule is ClCCOc1c(Cl)cc2c(c1Cl)CCC=C2c1ccc2[nH]ncc2c1. The molecule has 1 aliphatic carbocycles. The molecule has 128 valence electrons. The van der Waals surface area contributed by atoms with Gasteiger partial charge in [-0.05, 0) is 53.3 Å². The summed E-state index contributed by atoms with van der Waals surface area (Å²) in [6, 6.07) is 8.19. The van der Waals surface area contributed by atoms with Crippen LogP contribution in [0.2, 0.25) is 10.0 Å². The van der Waals surface area contributed by atoms with Crippen LogP contribution in [0.1, 0.15) is 23.1 Å². The Bertz CT molecular complexity index is 978. The number of hydrogen-bond acceptors (Lipinski definition) is 2. The molecule has 0 saturated carbocycles. The lowest BCUT2D eigenvalue weighted by Crippen LogP contribution is -2.06. The van der Waals surface area contributed by atoms with Crippen molar-refractivity contribution in [2.24, 2.45) is 0 Å². The highest BCUT2D eigenvalue weighted by Crippen LogP contribution is 2.44. The summed E-state index contributed by atoms with van der Waals surface area (Å²) in [6.07, 6.45) is 5.84. The van der Waals surface area contributed by atoms with Crippen molar-refractivity contribution in [3.05, 3.63) is 63.3 Å². The van der Waals surface area contributed by atoms with E-state index in [1.54, 1.807) is 0 Å². The van der Waals surface area contributed by atoms with Crippen LogP contribution in [0, 0.1) is 0 Å². The van der Waals surface area contributed by atoms with Crippen LogP contribution in [-0.2, 0) is 6.42 Å². The van der Waals surface area contributed by atoms with Gasteiger partial charge in [0.2, 0.25) is 0 Å². The van der Waals surface area contributed by atoms with E-state index < -0.39 is 0 Å². The number of aromatic amines is 1. The molecule has 0 bridgehead atoms. The van der Waals surface area contributed by atoms with E-state index in [4.69, 9.17) is 39.5 Å². The number of allylic oxidation sites excluding steroid dienone is 1. The van der Waals surface area contributed by atoms with Gasteiger partial charge in [0.1, 0.15) is 6.61 Å². The maximum absolute atomic E-state index is 6.60. The summed E-state index contributed by atoms with van der Waals surface area (Å²) in [4.78, 5) is 0. The van der Waals surface area contributed by atoms with E-state index in [1.807, 2.05) is 18.3 Å². The molecule has 3 aromatic rings. The van der Waals surface area contributed by atoms with Gasteiger partial charge in [-0.1, -0.05) is 35.3 Å². The molecule has 0 spiro atoms. The molecule has 0 aliphatic heterocycles. The summed E-state index contributed by atoms with van der Waals surface area (Å²) in [5.41, 5.74) is 5.40. The zero-order valence-electron chi connectivity index (χ0n) is 13.3. The molecule has 0 unspecified atom stereocenters. The van der Waals surface area contributed by atoms with Crippen molar-refractivity contribution >= 4 is 51.3 Å². The van der Waals surface area contributed by atoms with Gasteiger partial charge in [-0.25, -0.2) is 0 Å². The first-order valence-electron chi connectivity index (χ1n) is 8.02. The third-order valence-electron chi connectivity index (χ3n) is 4.39. The molecule has 0 amide bonds. The van der Waals surface area contributed by atoms with Crippen molar-refractivity contribution in [3.8, 4) is 5.75 Å². The van der Waals surface area contributed by atoms with E-state index in [0.717, 1.165) is 46.0 Å². The molecule has 1 N–H and O–H groups in total. The number of nitrogens with zero attached hydrogens (tertiary/aromatic N) is 1. The summed E-state index contributed by atoms with van der Waals surface area (Å²) >= 11 is 18.8. The average Bonchev–Trinajstić information content (AvgIpc) is 3.09. The second kappa shape index (κ2) is 6.91. The fourth-order valence-electron chi connectivity index (χ4n) is 3.25. The molecule has 0 atom stereocenters. The number of fused-ring (bicyclic) bond motifs is 2. The number of benzene rings is 2. The minimum atomic E-state index is 0.375. The van der Waals surface area contributed by atoms with Crippen molar-refractivity contribution in [2.45, 2.75) is 12.8 Å². The molecule has 2 aromatic carbocycles. The van der Waals surface area contributed by atoms with Crippen LogP contribution in [0.25, 0.3) is 16.5 Å². The topological polar surface area (TPSA) is 37.9 Å². The smallest absolute Gasteiger partial charge is 0.156 e. The van der Waals surface area contributed by atoms with Gasteiger partial charge in [0.05, 0.1) is 27.6 Å². The molecule has 0 radical (unpaired) electrons. The first-order valence-corrected chi connectivity index (χ1v) is 9.31. The monoisotopic (exact) mass is 392 g/mol. The Kier molecular flexibility index (Phi) is 4.63. The Morgan fingerprint density at radius 1 is 1.20 bits per heavy atom. The van der Waals surface area contributed by atoms with Crippen LogP contribution in [0.5, 0.6) is 5.75 Å². The van der Waals surface area contributed by atoms with Crippen molar-refractivity contribution in [3.63, 3.8) is 0 Å². The van der Waals surface area contributed by atoms with Crippen molar-refractivity contribution < 1.29 is 4.74 Å². The van der Waals surface area contributed by atoms with Gasteiger partial charge in [0, 0.05) is 5.39 Å². The van der Waals surface area contributed by atoms with Gasteiger partial charge in [-0.3, -0.25) is 5.10 Å². The highest BCUT2D eigenvalue weighted by Gasteiger charge is 2.22. The Morgan fingerprint density at radius 2 is 2.08 bits per heavy atom. The molecule has 1 heterocycles. The number of hydrogen-bond donors (Lipinski definition) is 1. The van der Waals surface area contributed by atoms with Crippen molar-refractivity contribution in [1.29, 1.82) is 0 Å². The van der Waals surface area contributed by atoms with E-state index in [-0.39, 0.29) is 0 Å². The lowest BCUT2D eigenvalue weighted by molar-refractivity contribution is 0.343. The highest BCUT2D eigenvalue weighted by atomic mass is 35.5. The predicted molar refractivity (Wildman–Crippen MR) is 104 cm³/mol.